The first-order valence-electron chi connectivity index (χ1n) is 5.97. The van der Waals surface area contributed by atoms with Gasteiger partial charge < -0.3 is 20.1 Å². The fourth-order valence-corrected chi connectivity index (χ4v) is 2.11. The highest BCUT2D eigenvalue weighted by atomic mass is 16.5. The smallest absolute Gasteiger partial charge is 0.328 e. The van der Waals surface area contributed by atoms with Crippen molar-refractivity contribution in [1.82, 2.24) is 0 Å². The minimum Gasteiger partial charge on any atom is -0.490 e. The summed E-state index contributed by atoms with van der Waals surface area (Å²) in [7, 11) is 1.40. The fraction of sp³-hybridized carbons (Fsp3) is 0.462. The minimum atomic E-state index is -0.318. The van der Waals surface area contributed by atoms with E-state index >= 15 is 0 Å². The Morgan fingerprint density at radius 1 is 1.61 bits per heavy atom. The molecule has 1 atom stereocenters. The molecule has 1 unspecified atom stereocenters. The zero-order chi connectivity index (χ0) is 13.1. The van der Waals surface area contributed by atoms with Gasteiger partial charge in [-0.3, -0.25) is 0 Å². The van der Waals surface area contributed by atoms with E-state index in [4.69, 9.17) is 15.2 Å². The van der Waals surface area contributed by atoms with Crippen LogP contribution < -0.4 is 15.4 Å². The summed E-state index contributed by atoms with van der Waals surface area (Å²) in [6.45, 7) is 3.54. The van der Waals surface area contributed by atoms with Gasteiger partial charge in [-0.05, 0) is 24.6 Å². The Morgan fingerprint density at radius 2 is 2.39 bits per heavy atom. The van der Waals surface area contributed by atoms with Crippen molar-refractivity contribution in [3.8, 4) is 5.75 Å². The highest BCUT2D eigenvalue weighted by Crippen LogP contribution is 2.33. The van der Waals surface area contributed by atoms with Crippen molar-refractivity contribution in [2.24, 2.45) is 5.73 Å². The molecule has 0 amide bonds. The van der Waals surface area contributed by atoms with E-state index in [0.29, 0.717) is 19.7 Å². The lowest BCUT2D eigenvalue weighted by molar-refractivity contribution is -0.141. The normalized spacial score (nSPS) is 15.6. The molecule has 2 rings (SSSR count). The van der Waals surface area contributed by atoms with Crippen LogP contribution in [0.5, 0.6) is 5.75 Å². The van der Waals surface area contributed by atoms with Crippen LogP contribution in [0.4, 0.5) is 5.69 Å². The summed E-state index contributed by atoms with van der Waals surface area (Å²) in [5, 5.41) is 0. The molecular formula is C13H18N2O3. The molecule has 2 N–H and O–H groups in total. The molecule has 5 heteroatoms. The van der Waals surface area contributed by atoms with Crippen molar-refractivity contribution in [3.05, 3.63) is 23.8 Å². The number of fused-ring (bicyclic) bond motifs is 1. The molecule has 18 heavy (non-hydrogen) atoms. The molecule has 0 saturated carbocycles. The van der Waals surface area contributed by atoms with Crippen LogP contribution in [-0.4, -0.2) is 32.3 Å². The largest absolute Gasteiger partial charge is 0.490 e. The van der Waals surface area contributed by atoms with Crippen molar-refractivity contribution in [2.75, 3.05) is 25.2 Å². The lowest BCUT2D eigenvalue weighted by Gasteiger charge is -2.34. The van der Waals surface area contributed by atoms with Crippen molar-refractivity contribution in [3.63, 3.8) is 0 Å². The summed E-state index contributed by atoms with van der Waals surface area (Å²) in [5.74, 6) is 0.533. The Morgan fingerprint density at radius 3 is 3.06 bits per heavy atom. The zero-order valence-corrected chi connectivity index (χ0v) is 10.7. The highest BCUT2D eigenvalue weighted by Gasteiger charge is 2.27. The molecule has 0 saturated heterocycles. The first-order valence-corrected chi connectivity index (χ1v) is 5.97. The average Bonchev–Trinajstić information content (AvgIpc) is 2.44. The van der Waals surface area contributed by atoms with Gasteiger partial charge in [-0.1, -0.05) is 6.07 Å². The van der Waals surface area contributed by atoms with E-state index in [2.05, 4.69) is 0 Å². The molecule has 0 fully saturated rings. The van der Waals surface area contributed by atoms with Crippen molar-refractivity contribution < 1.29 is 14.3 Å². The van der Waals surface area contributed by atoms with Crippen LogP contribution in [0.1, 0.15) is 12.5 Å². The molecule has 0 aromatic heterocycles. The number of benzene rings is 1. The third-order valence-corrected chi connectivity index (χ3v) is 3.17. The molecular weight excluding hydrogens is 232 g/mol. The van der Waals surface area contributed by atoms with Gasteiger partial charge >= 0.3 is 5.97 Å². The second-order valence-electron chi connectivity index (χ2n) is 4.25. The molecule has 0 spiro atoms. The van der Waals surface area contributed by atoms with E-state index in [9.17, 15) is 4.79 Å². The van der Waals surface area contributed by atoms with Gasteiger partial charge in [-0.15, -0.1) is 0 Å². The van der Waals surface area contributed by atoms with E-state index in [1.165, 1.54) is 7.11 Å². The molecule has 98 valence electrons. The van der Waals surface area contributed by atoms with Gasteiger partial charge in [0.25, 0.3) is 0 Å². The van der Waals surface area contributed by atoms with Crippen molar-refractivity contribution in [1.29, 1.82) is 0 Å². The van der Waals surface area contributed by atoms with Crippen LogP contribution in [0.15, 0.2) is 18.2 Å². The number of nitrogens with zero attached hydrogens (tertiary/aromatic N) is 1. The summed E-state index contributed by atoms with van der Waals surface area (Å²) in [6.07, 6.45) is 0. The van der Waals surface area contributed by atoms with Crippen LogP contribution in [0.25, 0.3) is 0 Å². The summed E-state index contributed by atoms with van der Waals surface area (Å²) in [6, 6.07) is 5.49. The van der Waals surface area contributed by atoms with Gasteiger partial charge in [0.2, 0.25) is 0 Å². The number of methoxy groups -OCH3 is 1. The fourth-order valence-electron chi connectivity index (χ4n) is 2.11. The number of anilines is 1. The van der Waals surface area contributed by atoms with Crippen molar-refractivity contribution >= 4 is 11.7 Å². The number of nitrogens with two attached hydrogens (primary N) is 1. The molecule has 0 radical (unpaired) electrons. The second-order valence-corrected chi connectivity index (χ2v) is 4.25. The van der Waals surface area contributed by atoms with Gasteiger partial charge in [-0.2, -0.15) is 0 Å². The first-order chi connectivity index (χ1) is 8.67. The van der Waals surface area contributed by atoms with Crippen LogP contribution in [0, 0.1) is 0 Å². The quantitative estimate of drug-likeness (QED) is 0.808. The van der Waals surface area contributed by atoms with Crippen LogP contribution in [0.2, 0.25) is 0 Å². The van der Waals surface area contributed by atoms with Crippen LogP contribution in [0.3, 0.4) is 0 Å². The lowest BCUT2D eigenvalue weighted by atomic mass is 10.1. The predicted molar refractivity (Wildman–Crippen MR) is 68.7 cm³/mol. The first kappa shape index (κ1) is 12.7. The van der Waals surface area contributed by atoms with Gasteiger partial charge in [-0.25, -0.2) is 4.79 Å². The Hall–Kier alpha value is -1.75. The standard InChI is InChI=1S/C13H18N2O3/c1-9(13(16)17-2)15-5-6-18-12-7-10(8-14)3-4-11(12)15/h3-4,7,9H,5-6,8,14H2,1-2H3. The zero-order valence-electron chi connectivity index (χ0n) is 10.7. The number of esters is 1. The van der Waals surface area contributed by atoms with Gasteiger partial charge in [0.1, 0.15) is 18.4 Å². The van der Waals surface area contributed by atoms with Crippen LogP contribution in [-0.2, 0) is 16.1 Å². The molecule has 1 aliphatic rings. The van der Waals surface area contributed by atoms with Gasteiger partial charge in [0.15, 0.2) is 0 Å². The van der Waals surface area contributed by atoms with Crippen molar-refractivity contribution in [2.45, 2.75) is 19.5 Å². The summed E-state index contributed by atoms with van der Waals surface area (Å²) < 4.78 is 10.4. The number of carbonyl (C=O) groups is 1. The molecule has 5 nitrogen and oxygen atoms in total. The molecule has 1 heterocycles. The molecule has 1 aromatic carbocycles. The monoisotopic (exact) mass is 250 g/mol. The maximum atomic E-state index is 11.6. The number of hydrogen-bond acceptors (Lipinski definition) is 5. The predicted octanol–water partition coefficient (Wildman–Crippen LogP) is 0.906. The Kier molecular flexibility index (Phi) is 3.72. The van der Waals surface area contributed by atoms with Crippen LogP contribution >= 0.6 is 0 Å². The van der Waals surface area contributed by atoms with Gasteiger partial charge in [0, 0.05) is 6.54 Å². The third-order valence-electron chi connectivity index (χ3n) is 3.17. The molecule has 0 bridgehead atoms. The SMILES string of the molecule is COC(=O)C(C)N1CCOc2cc(CN)ccc21. The van der Waals surface area contributed by atoms with E-state index in [-0.39, 0.29) is 12.0 Å². The van der Waals surface area contributed by atoms with Gasteiger partial charge in [0.05, 0.1) is 19.3 Å². The van der Waals surface area contributed by atoms with E-state index < -0.39 is 0 Å². The maximum absolute atomic E-state index is 11.6. The number of carbonyl (C=O) groups excluding carboxylic acids is 1. The molecule has 1 aromatic rings. The van der Waals surface area contributed by atoms with E-state index in [1.807, 2.05) is 30.0 Å². The Balaban J connectivity index is 2.30. The highest BCUT2D eigenvalue weighted by molar-refractivity contribution is 5.81. The Labute approximate surface area is 106 Å². The number of hydrogen-bond donors (Lipinski definition) is 1. The topological polar surface area (TPSA) is 64.8 Å². The Bertz CT molecular complexity index is 448. The molecule has 0 aliphatic carbocycles. The third kappa shape index (κ3) is 2.26. The molecule has 1 aliphatic heterocycles. The van der Waals surface area contributed by atoms with E-state index in [0.717, 1.165) is 17.0 Å². The number of rotatable bonds is 3. The minimum absolute atomic E-state index is 0.245. The average molecular weight is 250 g/mol. The summed E-state index contributed by atoms with van der Waals surface area (Å²) in [5.41, 5.74) is 7.53. The lowest BCUT2D eigenvalue weighted by Crippen LogP contribution is -2.44. The summed E-state index contributed by atoms with van der Waals surface area (Å²) >= 11 is 0. The summed E-state index contributed by atoms with van der Waals surface area (Å²) in [4.78, 5) is 13.6. The number of ether oxygens (including phenoxy) is 2. The van der Waals surface area contributed by atoms with E-state index in [1.54, 1.807) is 0 Å². The second kappa shape index (κ2) is 5.27. The maximum Gasteiger partial charge on any atom is 0.328 e.